The van der Waals surface area contributed by atoms with E-state index in [1.807, 2.05) is 0 Å². The van der Waals surface area contributed by atoms with Gasteiger partial charge in [-0.1, -0.05) is 6.07 Å². The van der Waals surface area contributed by atoms with Crippen molar-refractivity contribution in [3.05, 3.63) is 42.4 Å². The molecule has 0 saturated carbocycles. The first-order valence-corrected chi connectivity index (χ1v) is 8.50. The van der Waals surface area contributed by atoms with Crippen LogP contribution in [0.1, 0.15) is 10.5 Å². The molecule has 9 heteroatoms. The molecule has 0 aromatic carbocycles. The number of aromatic nitrogens is 2. The van der Waals surface area contributed by atoms with E-state index in [2.05, 4.69) is 15.3 Å². The largest absolute Gasteiger partial charge is 0.379 e. The monoisotopic (exact) mass is 336 g/mol. The first-order valence-electron chi connectivity index (χ1n) is 7.06. The third-order valence-corrected chi connectivity index (χ3v) is 5.29. The zero-order valence-corrected chi connectivity index (χ0v) is 13.0. The number of anilines is 1. The van der Waals surface area contributed by atoms with Crippen LogP contribution in [0.15, 0.2) is 41.6 Å². The molecule has 3 heterocycles. The van der Waals surface area contributed by atoms with Gasteiger partial charge in [-0.25, -0.2) is 13.4 Å². The molecule has 1 amide bonds. The van der Waals surface area contributed by atoms with E-state index in [0.717, 1.165) is 0 Å². The van der Waals surface area contributed by atoms with Crippen molar-refractivity contribution in [3.8, 4) is 0 Å². The van der Waals surface area contributed by atoms with Crippen LogP contribution in [0.25, 0.3) is 0 Å². The number of rotatable bonds is 4. The molecule has 122 valence electrons. The number of H-pyrrole nitrogens is 1. The lowest BCUT2D eigenvalue weighted by atomic mass is 10.4. The Morgan fingerprint density at radius 2 is 2.09 bits per heavy atom. The maximum absolute atomic E-state index is 12.5. The molecule has 0 spiro atoms. The molecule has 1 aliphatic rings. The summed E-state index contributed by atoms with van der Waals surface area (Å²) in [6.07, 6.45) is 2.87. The zero-order chi connectivity index (χ0) is 16.3. The Morgan fingerprint density at radius 1 is 1.30 bits per heavy atom. The number of carbonyl (C=O) groups is 1. The van der Waals surface area contributed by atoms with Gasteiger partial charge in [0.2, 0.25) is 10.0 Å². The van der Waals surface area contributed by atoms with Gasteiger partial charge in [-0.3, -0.25) is 4.79 Å². The number of sulfonamides is 1. The lowest BCUT2D eigenvalue weighted by Crippen LogP contribution is -2.40. The Morgan fingerprint density at radius 3 is 2.78 bits per heavy atom. The summed E-state index contributed by atoms with van der Waals surface area (Å²) in [7, 11) is -3.62. The predicted octanol–water partition coefficient (Wildman–Crippen LogP) is 0.683. The number of nitrogens with one attached hydrogen (secondary N) is 2. The topological polar surface area (TPSA) is 104 Å². The van der Waals surface area contributed by atoms with Gasteiger partial charge in [0.25, 0.3) is 5.91 Å². The highest BCUT2D eigenvalue weighted by Crippen LogP contribution is 2.18. The van der Waals surface area contributed by atoms with Gasteiger partial charge in [0.05, 0.1) is 13.2 Å². The summed E-state index contributed by atoms with van der Waals surface area (Å²) >= 11 is 0. The molecule has 2 aromatic heterocycles. The Labute approximate surface area is 133 Å². The second-order valence-corrected chi connectivity index (χ2v) is 6.87. The number of amides is 1. The zero-order valence-electron chi connectivity index (χ0n) is 12.2. The van der Waals surface area contributed by atoms with E-state index in [1.54, 1.807) is 24.4 Å². The van der Waals surface area contributed by atoms with Crippen LogP contribution in [0.2, 0.25) is 0 Å². The van der Waals surface area contributed by atoms with Crippen molar-refractivity contribution < 1.29 is 17.9 Å². The Bertz CT molecular complexity index is 782. The van der Waals surface area contributed by atoms with Gasteiger partial charge >= 0.3 is 0 Å². The fraction of sp³-hybridized carbons (Fsp3) is 0.286. The maximum Gasteiger partial charge on any atom is 0.273 e. The highest BCUT2D eigenvalue weighted by atomic mass is 32.2. The van der Waals surface area contributed by atoms with Crippen LogP contribution in [0, 0.1) is 0 Å². The van der Waals surface area contributed by atoms with E-state index < -0.39 is 15.9 Å². The van der Waals surface area contributed by atoms with Gasteiger partial charge in [-0.2, -0.15) is 4.31 Å². The van der Waals surface area contributed by atoms with Crippen molar-refractivity contribution in [2.45, 2.75) is 4.90 Å². The molecule has 0 aliphatic carbocycles. The normalized spacial score (nSPS) is 16.2. The smallest absolute Gasteiger partial charge is 0.273 e. The van der Waals surface area contributed by atoms with Gasteiger partial charge in [-0.05, 0) is 18.2 Å². The molecule has 2 aromatic rings. The lowest BCUT2D eigenvalue weighted by Gasteiger charge is -2.25. The molecule has 2 N–H and O–H groups in total. The van der Waals surface area contributed by atoms with E-state index in [9.17, 15) is 13.2 Å². The van der Waals surface area contributed by atoms with E-state index in [4.69, 9.17) is 4.74 Å². The van der Waals surface area contributed by atoms with E-state index in [-0.39, 0.29) is 10.6 Å². The molecular formula is C14H16N4O4S. The average Bonchev–Trinajstić information content (AvgIpc) is 3.07. The first-order chi connectivity index (χ1) is 11.1. The van der Waals surface area contributed by atoms with Gasteiger partial charge in [0.15, 0.2) is 0 Å². The van der Waals surface area contributed by atoms with Crippen molar-refractivity contribution in [1.29, 1.82) is 0 Å². The summed E-state index contributed by atoms with van der Waals surface area (Å²) in [5.74, 6) is -0.0585. The quantitative estimate of drug-likeness (QED) is 0.854. The van der Waals surface area contributed by atoms with Crippen LogP contribution in [-0.4, -0.2) is 54.9 Å². The number of morpholine rings is 1. The molecule has 23 heavy (non-hydrogen) atoms. The maximum atomic E-state index is 12.5. The Balaban J connectivity index is 1.76. The van der Waals surface area contributed by atoms with Crippen LogP contribution in [0.3, 0.4) is 0 Å². The van der Waals surface area contributed by atoms with Crippen LogP contribution in [0.4, 0.5) is 5.82 Å². The number of ether oxygens (including phenoxy) is 1. The SMILES string of the molecule is O=C(Nc1ccccn1)c1cc(S(=O)(=O)N2CCOCC2)c[nH]1. The molecule has 8 nitrogen and oxygen atoms in total. The number of hydrogen-bond acceptors (Lipinski definition) is 5. The number of nitrogens with zero attached hydrogens (tertiary/aromatic N) is 2. The second-order valence-electron chi connectivity index (χ2n) is 4.93. The second kappa shape index (κ2) is 6.49. The number of carbonyl (C=O) groups excluding carboxylic acids is 1. The standard InChI is InChI=1S/C14H16N4O4S/c19-14(17-13-3-1-2-4-15-13)12-9-11(10-16-12)23(20,21)18-5-7-22-8-6-18/h1-4,9-10,16H,5-8H2,(H,15,17,19). The van der Waals surface area contributed by atoms with Crippen molar-refractivity contribution in [2.75, 3.05) is 31.6 Å². The van der Waals surface area contributed by atoms with Crippen molar-refractivity contribution in [2.24, 2.45) is 0 Å². The molecule has 0 unspecified atom stereocenters. The third kappa shape index (κ3) is 3.41. The molecule has 0 bridgehead atoms. The number of pyridine rings is 1. The van der Waals surface area contributed by atoms with Gasteiger partial charge in [0, 0.05) is 25.5 Å². The summed E-state index contributed by atoms with van der Waals surface area (Å²) in [5, 5.41) is 2.59. The predicted molar refractivity (Wildman–Crippen MR) is 82.6 cm³/mol. The summed E-state index contributed by atoms with van der Waals surface area (Å²) < 4.78 is 31.5. The highest BCUT2D eigenvalue weighted by molar-refractivity contribution is 7.89. The van der Waals surface area contributed by atoms with Crippen LogP contribution in [-0.2, 0) is 14.8 Å². The molecule has 1 saturated heterocycles. The van der Waals surface area contributed by atoms with E-state index >= 15 is 0 Å². The minimum Gasteiger partial charge on any atom is -0.379 e. The molecule has 1 aliphatic heterocycles. The molecule has 1 fully saturated rings. The van der Waals surface area contributed by atoms with Gasteiger partial charge in [0.1, 0.15) is 16.4 Å². The van der Waals surface area contributed by atoms with Crippen molar-refractivity contribution >= 4 is 21.7 Å². The van der Waals surface area contributed by atoms with Gasteiger partial charge < -0.3 is 15.0 Å². The summed E-state index contributed by atoms with van der Waals surface area (Å²) in [6.45, 7) is 1.36. The number of aromatic amines is 1. The van der Waals surface area contributed by atoms with Crippen molar-refractivity contribution in [3.63, 3.8) is 0 Å². The average molecular weight is 336 g/mol. The van der Waals surface area contributed by atoms with E-state index in [1.165, 1.54) is 16.6 Å². The lowest BCUT2D eigenvalue weighted by molar-refractivity contribution is 0.0730. The Kier molecular flexibility index (Phi) is 4.42. The molecule has 0 atom stereocenters. The fourth-order valence-electron chi connectivity index (χ4n) is 2.21. The first kappa shape index (κ1) is 15.7. The summed E-state index contributed by atoms with van der Waals surface area (Å²) in [4.78, 5) is 18.9. The van der Waals surface area contributed by atoms with Crippen molar-refractivity contribution in [1.82, 2.24) is 14.3 Å². The molecule has 3 rings (SSSR count). The molecule has 0 radical (unpaired) electrons. The van der Waals surface area contributed by atoms with Crippen LogP contribution < -0.4 is 5.32 Å². The highest BCUT2D eigenvalue weighted by Gasteiger charge is 2.27. The minimum absolute atomic E-state index is 0.0607. The van der Waals surface area contributed by atoms with Gasteiger partial charge in [-0.15, -0.1) is 0 Å². The van der Waals surface area contributed by atoms with Crippen LogP contribution >= 0.6 is 0 Å². The van der Waals surface area contributed by atoms with E-state index in [0.29, 0.717) is 32.1 Å². The van der Waals surface area contributed by atoms with Crippen LogP contribution in [0.5, 0.6) is 0 Å². The molecular weight excluding hydrogens is 320 g/mol. The Hall–Kier alpha value is -2.23. The minimum atomic E-state index is -3.62. The number of hydrogen-bond donors (Lipinski definition) is 2. The fourth-order valence-corrected chi connectivity index (χ4v) is 3.61. The summed E-state index contributed by atoms with van der Waals surface area (Å²) in [5.41, 5.74) is 0.155. The summed E-state index contributed by atoms with van der Waals surface area (Å²) in [6, 6.07) is 6.44. The third-order valence-electron chi connectivity index (χ3n) is 3.42.